The van der Waals surface area contributed by atoms with Gasteiger partial charge in [-0.3, -0.25) is 9.59 Å². The molecule has 30 heavy (non-hydrogen) atoms. The number of carbonyl (C=O) groups excluding carboxylic acids is 2. The summed E-state index contributed by atoms with van der Waals surface area (Å²) in [5.74, 6) is 1.73. The van der Waals surface area contributed by atoms with E-state index >= 15 is 0 Å². The van der Waals surface area contributed by atoms with Gasteiger partial charge in [0.25, 0.3) is 0 Å². The Hall–Kier alpha value is -3.80. The Morgan fingerprint density at radius 2 is 1.53 bits per heavy atom. The first kappa shape index (κ1) is 20.9. The average molecular weight is 405 g/mol. The molecule has 0 heterocycles. The van der Waals surface area contributed by atoms with Gasteiger partial charge in [-0.2, -0.15) is 0 Å². The zero-order valence-corrected chi connectivity index (χ0v) is 16.6. The van der Waals surface area contributed by atoms with Crippen molar-refractivity contribution in [2.75, 3.05) is 12.4 Å². The minimum Gasteiger partial charge on any atom is -0.508 e. The van der Waals surface area contributed by atoms with Gasteiger partial charge in [-0.25, -0.2) is 0 Å². The molecule has 0 fully saturated rings. The van der Waals surface area contributed by atoms with Crippen LogP contribution in [0.3, 0.4) is 0 Å². The number of amides is 1. The van der Waals surface area contributed by atoms with Gasteiger partial charge in [-0.15, -0.1) is 0 Å². The number of phenolic OH excluding ortho intramolecular Hbond substituents is 1. The number of ketones is 1. The predicted molar refractivity (Wildman–Crippen MR) is 114 cm³/mol. The quantitative estimate of drug-likeness (QED) is 0.479. The third kappa shape index (κ3) is 5.85. The molecule has 0 bridgehead atoms. The van der Waals surface area contributed by atoms with Crippen LogP contribution in [-0.2, 0) is 4.79 Å². The summed E-state index contributed by atoms with van der Waals surface area (Å²) in [6, 6.07) is 20.4. The Morgan fingerprint density at radius 1 is 0.867 bits per heavy atom. The number of ether oxygens (including phenoxy) is 2. The van der Waals surface area contributed by atoms with Crippen molar-refractivity contribution in [2.45, 2.75) is 19.3 Å². The number of carbonyl (C=O) groups is 2. The molecule has 0 atom stereocenters. The zero-order chi connectivity index (χ0) is 21.3. The third-order valence-electron chi connectivity index (χ3n) is 4.45. The Labute approximate surface area is 175 Å². The molecule has 0 aliphatic carbocycles. The van der Waals surface area contributed by atoms with Crippen molar-refractivity contribution in [3.8, 4) is 23.0 Å². The molecule has 0 saturated carbocycles. The van der Waals surface area contributed by atoms with Crippen LogP contribution in [-0.4, -0.2) is 23.9 Å². The van der Waals surface area contributed by atoms with E-state index in [0.29, 0.717) is 29.2 Å². The van der Waals surface area contributed by atoms with Gasteiger partial charge in [-0.05, 0) is 67.1 Å². The molecule has 1 amide bonds. The Bertz CT molecular complexity index is 997. The van der Waals surface area contributed by atoms with E-state index in [4.69, 9.17) is 9.47 Å². The monoisotopic (exact) mass is 405 g/mol. The SMILES string of the molecule is COc1ccc(Oc2ccccc2NC(=O)CCCC(=O)c2ccc(O)cc2)cc1. The van der Waals surface area contributed by atoms with Crippen molar-refractivity contribution < 1.29 is 24.2 Å². The maximum Gasteiger partial charge on any atom is 0.224 e. The molecular formula is C24H23NO5. The Morgan fingerprint density at radius 3 is 2.23 bits per heavy atom. The molecule has 0 spiro atoms. The lowest BCUT2D eigenvalue weighted by Gasteiger charge is -2.12. The van der Waals surface area contributed by atoms with Crippen LogP contribution in [0, 0.1) is 0 Å². The summed E-state index contributed by atoms with van der Waals surface area (Å²) in [5, 5.41) is 12.1. The number of benzene rings is 3. The van der Waals surface area contributed by atoms with Gasteiger partial charge < -0.3 is 19.9 Å². The van der Waals surface area contributed by atoms with Crippen molar-refractivity contribution in [2.24, 2.45) is 0 Å². The number of phenols is 1. The zero-order valence-electron chi connectivity index (χ0n) is 16.6. The topological polar surface area (TPSA) is 84.9 Å². The fourth-order valence-corrected chi connectivity index (χ4v) is 2.84. The van der Waals surface area contributed by atoms with Crippen LogP contribution in [0.15, 0.2) is 72.8 Å². The van der Waals surface area contributed by atoms with Gasteiger partial charge >= 0.3 is 0 Å². The van der Waals surface area contributed by atoms with E-state index in [1.807, 2.05) is 12.1 Å². The lowest BCUT2D eigenvalue weighted by atomic mass is 10.1. The van der Waals surface area contributed by atoms with Gasteiger partial charge in [0.05, 0.1) is 12.8 Å². The number of nitrogens with one attached hydrogen (secondary N) is 1. The van der Waals surface area contributed by atoms with Crippen LogP contribution in [0.2, 0.25) is 0 Å². The van der Waals surface area contributed by atoms with Gasteiger partial charge in [0.1, 0.15) is 17.2 Å². The van der Waals surface area contributed by atoms with Crippen molar-refractivity contribution in [3.63, 3.8) is 0 Å². The summed E-state index contributed by atoms with van der Waals surface area (Å²) in [5.41, 5.74) is 1.08. The molecule has 2 N–H and O–H groups in total. The molecule has 3 aromatic carbocycles. The largest absolute Gasteiger partial charge is 0.508 e. The van der Waals surface area contributed by atoms with Crippen LogP contribution in [0.1, 0.15) is 29.6 Å². The molecule has 0 unspecified atom stereocenters. The lowest BCUT2D eigenvalue weighted by molar-refractivity contribution is -0.116. The minimum atomic E-state index is -0.195. The highest BCUT2D eigenvalue weighted by Gasteiger charge is 2.11. The van der Waals surface area contributed by atoms with E-state index in [1.165, 1.54) is 12.1 Å². The van der Waals surface area contributed by atoms with Gasteiger partial charge in [0.15, 0.2) is 11.5 Å². The number of anilines is 1. The number of aromatic hydroxyl groups is 1. The van der Waals surface area contributed by atoms with Crippen molar-refractivity contribution >= 4 is 17.4 Å². The highest BCUT2D eigenvalue weighted by molar-refractivity contribution is 5.97. The molecule has 0 aromatic heterocycles. The van der Waals surface area contributed by atoms with Crippen molar-refractivity contribution in [3.05, 3.63) is 78.4 Å². The molecule has 154 valence electrons. The molecule has 0 saturated heterocycles. The number of hydrogen-bond acceptors (Lipinski definition) is 5. The number of methoxy groups -OCH3 is 1. The summed E-state index contributed by atoms with van der Waals surface area (Å²) < 4.78 is 11.0. The first-order chi connectivity index (χ1) is 14.5. The fourth-order valence-electron chi connectivity index (χ4n) is 2.84. The second-order valence-electron chi connectivity index (χ2n) is 6.65. The molecular weight excluding hydrogens is 382 g/mol. The standard InChI is InChI=1S/C24H23NO5/c1-29-19-13-15-20(16-14-19)30-23-7-3-2-5-21(23)25-24(28)8-4-6-22(27)17-9-11-18(26)12-10-17/h2-3,5,7,9-16,26H,4,6,8H2,1H3,(H,25,28). The smallest absolute Gasteiger partial charge is 0.224 e. The molecule has 6 nitrogen and oxygen atoms in total. The predicted octanol–water partition coefficient (Wildman–Crippen LogP) is 5.18. The van der Waals surface area contributed by atoms with Crippen LogP contribution in [0.25, 0.3) is 0 Å². The summed E-state index contributed by atoms with van der Waals surface area (Å²) in [6.45, 7) is 0. The average Bonchev–Trinajstić information content (AvgIpc) is 2.76. The highest BCUT2D eigenvalue weighted by Crippen LogP contribution is 2.30. The number of rotatable bonds is 9. The normalized spacial score (nSPS) is 10.3. The molecule has 0 radical (unpaired) electrons. The van der Waals surface area contributed by atoms with E-state index in [9.17, 15) is 14.7 Å². The first-order valence-corrected chi connectivity index (χ1v) is 9.58. The molecule has 3 aromatic rings. The molecule has 6 heteroatoms. The maximum atomic E-state index is 12.3. The highest BCUT2D eigenvalue weighted by atomic mass is 16.5. The minimum absolute atomic E-state index is 0.0639. The van der Waals surface area contributed by atoms with Gasteiger partial charge in [0, 0.05) is 18.4 Å². The second kappa shape index (κ2) is 10.1. The van der Waals surface area contributed by atoms with Gasteiger partial charge in [-0.1, -0.05) is 12.1 Å². The van der Waals surface area contributed by atoms with E-state index < -0.39 is 0 Å². The Kier molecular flexibility index (Phi) is 7.05. The third-order valence-corrected chi connectivity index (χ3v) is 4.45. The van der Waals surface area contributed by atoms with E-state index in [0.717, 1.165) is 5.75 Å². The first-order valence-electron chi connectivity index (χ1n) is 9.58. The Balaban J connectivity index is 1.53. The van der Waals surface area contributed by atoms with Crippen molar-refractivity contribution in [1.82, 2.24) is 0 Å². The lowest BCUT2D eigenvalue weighted by Crippen LogP contribution is -2.12. The number of Topliss-reactive ketones (excluding diaryl/α,β-unsaturated/α-hetero) is 1. The number of para-hydroxylation sites is 2. The second-order valence-corrected chi connectivity index (χ2v) is 6.65. The van der Waals surface area contributed by atoms with Crippen molar-refractivity contribution in [1.29, 1.82) is 0 Å². The molecule has 0 aliphatic rings. The van der Waals surface area contributed by atoms with E-state index in [2.05, 4.69) is 5.32 Å². The maximum absolute atomic E-state index is 12.3. The number of hydrogen-bond donors (Lipinski definition) is 2. The molecule has 3 rings (SSSR count). The van der Waals surface area contributed by atoms with Crippen LogP contribution < -0.4 is 14.8 Å². The summed E-state index contributed by atoms with van der Waals surface area (Å²) in [6.07, 6.45) is 0.885. The van der Waals surface area contributed by atoms with Crippen LogP contribution >= 0.6 is 0 Å². The van der Waals surface area contributed by atoms with Crippen LogP contribution in [0.5, 0.6) is 23.0 Å². The summed E-state index contributed by atoms with van der Waals surface area (Å²) >= 11 is 0. The fraction of sp³-hybridized carbons (Fsp3) is 0.167. The summed E-state index contributed by atoms with van der Waals surface area (Å²) in [7, 11) is 1.60. The van der Waals surface area contributed by atoms with E-state index in [1.54, 1.807) is 55.6 Å². The summed E-state index contributed by atoms with van der Waals surface area (Å²) in [4.78, 5) is 24.5. The van der Waals surface area contributed by atoms with E-state index in [-0.39, 0.29) is 30.3 Å². The molecule has 0 aliphatic heterocycles. The van der Waals surface area contributed by atoms with Gasteiger partial charge in [0.2, 0.25) is 5.91 Å². The van der Waals surface area contributed by atoms with Crippen LogP contribution in [0.4, 0.5) is 5.69 Å².